The van der Waals surface area contributed by atoms with Crippen LogP contribution in [-0.2, 0) is 4.74 Å². The topological polar surface area (TPSA) is 21.3 Å². The normalized spacial score (nSPS) is 15.0. The summed E-state index contributed by atoms with van der Waals surface area (Å²) in [6, 6.07) is 0.678. The number of hydrogen-bond donors (Lipinski definition) is 1. The van der Waals surface area contributed by atoms with Crippen molar-refractivity contribution in [3.63, 3.8) is 0 Å². The van der Waals surface area contributed by atoms with Gasteiger partial charge < -0.3 is 10.1 Å². The minimum Gasteiger partial charge on any atom is -0.384 e. The summed E-state index contributed by atoms with van der Waals surface area (Å²) in [5.74, 6) is 1.11. The summed E-state index contributed by atoms with van der Waals surface area (Å²) in [5.41, 5.74) is 0. The highest BCUT2D eigenvalue weighted by molar-refractivity contribution is 7.99. The fourth-order valence-electron chi connectivity index (χ4n) is 1.86. The van der Waals surface area contributed by atoms with E-state index in [1.807, 2.05) is 0 Å². The Morgan fingerprint density at radius 3 is 2.44 bits per heavy atom. The smallest absolute Gasteiger partial charge is 0.0553 e. The Bertz CT molecular complexity index is 144. The van der Waals surface area contributed by atoms with E-state index in [-0.39, 0.29) is 0 Å². The van der Waals surface area contributed by atoms with Gasteiger partial charge in [0, 0.05) is 24.2 Å². The molecule has 0 aliphatic carbocycles. The van der Waals surface area contributed by atoms with E-state index in [1.54, 1.807) is 7.11 Å². The summed E-state index contributed by atoms with van der Waals surface area (Å²) >= 11 is 2.06. The van der Waals surface area contributed by atoms with Crippen molar-refractivity contribution in [3.8, 4) is 0 Å². The van der Waals surface area contributed by atoms with Gasteiger partial charge in [-0.15, -0.1) is 0 Å². The van der Waals surface area contributed by atoms with E-state index in [1.165, 1.54) is 25.7 Å². The molecule has 0 aromatic heterocycles. The lowest BCUT2D eigenvalue weighted by Crippen LogP contribution is -2.38. The Kier molecular flexibility index (Phi) is 11.9. The van der Waals surface area contributed by atoms with Crippen LogP contribution >= 0.6 is 11.8 Å². The lowest BCUT2D eigenvalue weighted by atomic mass is 10.1. The van der Waals surface area contributed by atoms with E-state index in [9.17, 15) is 0 Å². The highest BCUT2D eigenvalue weighted by Crippen LogP contribution is 2.21. The first-order chi connectivity index (χ1) is 7.79. The summed E-state index contributed by atoms with van der Waals surface area (Å²) in [6.07, 6.45) is 5.02. The molecule has 0 aliphatic heterocycles. The molecule has 3 heteroatoms. The Morgan fingerprint density at radius 1 is 1.19 bits per heavy atom. The van der Waals surface area contributed by atoms with Crippen LogP contribution < -0.4 is 5.32 Å². The standard InChI is InChI=1S/C13H29NOS/c1-5-8-12(14-9-6-2)13(7-3)16-11-10-15-4/h12-14H,5-11H2,1-4H3. The number of nitrogens with one attached hydrogen (secondary N) is 1. The van der Waals surface area contributed by atoms with Gasteiger partial charge in [-0.1, -0.05) is 27.2 Å². The molecule has 0 rings (SSSR count). The average Bonchev–Trinajstić information content (AvgIpc) is 2.31. The maximum Gasteiger partial charge on any atom is 0.0553 e. The quantitative estimate of drug-likeness (QED) is 0.566. The predicted molar refractivity (Wildman–Crippen MR) is 75.4 cm³/mol. The molecule has 0 aromatic rings. The summed E-state index contributed by atoms with van der Waals surface area (Å²) in [5, 5.41) is 4.42. The third kappa shape index (κ3) is 7.53. The largest absolute Gasteiger partial charge is 0.384 e. The third-order valence-corrected chi connectivity index (χ3v) is 4.22. The van der Waals surface area contributed by atoms with Crippen LogP contribution in [0.25, 0.3) is 0 Å². The van der Waals surface area contributed by atoms with Crippen molar-refractivity contribution in [2.45, 2.75) is 57.7 Å². The van der Waals surface area contributed by atoms with Crippen LogP contribution in [0.1, 0.15) is 46.5 Å². The molecule has 98 valence electrons. The molecule has 0 aromatic carbocycles. The van der Waals surface area contributed by atoms with Gasteiger partial charge in [-0.05, 0) is 25.8 Å². The molecule has 16 heavy (non-hydrogen) atoms. The van der Waals surface area contributed by atoms with Gasteiger partial charge in [0.25, 0.3) is 0 Å². The van der Waals surface area contributed by atoms with E-state index in [0.717, 1.165) is 24.2 Å². The lowest BCUT2D eigenvalue weighted by Gasteiger charge is -2.26. The van der Waals surface area contributed by atoms with Gasteiger partial charge in [0.15, 0.2) is 0 Å². The maximum atomic E-state index is 5.12. The van der Waals surface area contributed by atoms with Crippen molar-refractivity contribution in [2.24, 2.45) is 0 Å². The zero-order chi connectivity index (χ0) is 12.2. The van der Waals surface area contributed by atoms with Gasteiger partial charge >= 0.3 is 0 Å². The van der Waals surface area contributed by atoms with Crippen molar-refractivity contribution < 1.29 is 4.74 Å². The lowest BCUT2D eigenvalue weighted by molar-refractivity contribution is 0.218. The minimum absolute atomic E-state index is 0.678. The summed E-state index contributed by atoms with van der Waals surface area (Å²) in [4.78, 5) is 0. The molecule has 0 spiro atoms. The van der Waals surface area contributed by atoms with Crippen molar-refractivity contribution in [3.05, 3.63) is 0 Å². The molecule has 0 heterocycles. The molecule has 1 N–H and O–H groups in total. The molecular formula is C13H29NOS. The van der Waals surface area contributed by atoms with Crippen LogP contribution in [-0.4, -0.2) is 37.3 Å². The highest BCUT2D eigenvalue weighted by Gasteiger charge is 2.18. The second-order valence-electron chi connectivity index (χ2n) is 4.16. The fraction of sp³-hybridized carbons (Fsp3) is 1.00. The second kappa shape index (κ2) is 11.7. The summed E-state index contributed by atoms with van der Waals surface area (Å²) < 4.78 is 5.12. The minimum atomic E-state index is 0.678. The van der Waals surface area contributed by atoms with E-state index < -0.39 is 0 Å². The Labute approximate surface area is 106 Å². The molecule has 0 radical (unpaired) electrons. The Hall–Kier alpha value is 0.270. The number of methoxy groups -OCH3 is 1. The van der Waals surface area contributed by atoms with E-state index in [4.69, 9.17) is 4.74 Å². The highest BCUT2D eigenvalue weighted by atomic mass is 32.2. The molecule has 0 bridgehead atoms. The molecule has 2 nitrogen and oxygen atoms in total. The summed E-state index contributed by atoms with van der Waals surface area (Å²) in [6.45, 7) is 8.81. The Morgan fingerprint density at radius 2 is 1.94 bits per heavy atom. The third-order valence-electron chi connectivity index (χ3n) is 2.73. The van der Waals surface area contributed by atoms with Crippen LogP contribution in [0.4, 0.5) is 0 Å². The van der Waals surface area contributed by atoms with Crippen molar-refractivity contribution in [1.29, 1.82) is 0 Å². The fourth-order valence-corrected chi connectivity index (χ4v) is 3.13. The SMILES string of the molecule is CCCNC(CCC)C(CC)SCCOC. The van der Waals surface area contributed by atoms with Crippen LogP contribution in [0, 0.1) is 0 Å². The predicted octanol–water partition coefficient (Wildman–Crippen LogP) is 3.31. The van der Waals surface area contributed by atoms with Gasteiger partial charge in [0.05, 0.1) is 6.61 Å². The van der Waals surface area contributed by atoms with Gasteiger partial charge in [0.2, 0.25) is 0 Å². The molecule has 2 unspecified atom stereocenters. The van der Waals surface area contributed by atoms with Crippen molar-refractivity contribution in [1.82, 2.24) is 5.32 Å². The zero-order valence-corrected chi connectivity index (χ0v) is 12.2. The second-order valence-corrected chi connectivity index (χ2v) is 5.51. The van der Waals surface area contributed by atoms with E-state index >= 15 is 0 Å². The average molecular weight is 247 g/mol. The molecule has 2 atom stereocenters. The first-order valence-electron chi connectivity index (χ1n) is 6.63. The van der Waals surface area contributed by atoms with Gasteiger partial charge in [0.1, 0.15) is 0 Å². The molecule has 0 saturated heterocycles. The first-order valence-corrected chi connectivity index (χ1v) is 7.68. The Balaban J connectivity index is 3.99. The monoisotopic (exact) mass is 247 g/mol. The van der Waals surface area contributed by atoms with Gasteiger partial charge in [-0.2, -0.15) is 11.8 Å². The number of hydrogen-bond acceptors (Lipinski definition) is 3. The van der Waals surface area contributed by atoms with Crippen molar-refractivity contribution >= 4 is 11.8 Å². The molecule has 0 aliphatic rings. The van der Waals surface area contributed by atoms with Crippen LogP contribution in [0.5, 0.6) is 0 Å². The van der Waals surface area contributed by atoms with Gasteiger partial charge in [-0.25, -0.2) is 0 Å². The number of ether oxygens (including phenoxy) is 1. The first kappa shape index (κ1) is 16.3. The van der Waals surface area contributed by atoms with Crippen LogP contribution in [0.15, 0.2) is 0 Å². The molecular weight excluding hydrogens is 218 g/mol. The van der Waals surface area contributed by atoms with Gasteiger partial charge in [-0.3, -0.25) is 0 Å². The van der Waals surface area contributed by atoms with E-state index in [0.29, 0.717) is 6.04 Å². The maximum absolute atomic E-state index is 5.12. The van der Waals surface area contributed by atoms with Crippen molar-refractivity contribution in [2.75, 3.05) is 26.0 Å². The van der Waals surface area contributed by atoms with E-state index in [2.05, 4.69) is 37.8 Å². The molecule has 0 amide bonds. The number of thioether (sulfide) groups is 1. The number of rotatable bonds is 11. The zero-order valence-electron chi connectivity index (χ0n) is 11.4. The van der Waals surface area contributed by atoms with Crippen LogP contribution in [0.3, 0.4) is 0 Å². The summed E-state index contributed by atoms with van der Waals surface area (Å²) in [7, 11) is 1.78. The molecule has 0 saturated carbocycles. The molecule has 0 fully saturated rings. The van der Waals surface area contributed by atoms with Crippen LogP contribution in [0.2, 0.25) is 0 Å².